The number of halogens is 1. The van der Waals surface area contributed by atoms with Crippen LogP contribution in [-0.4, -0.2) is 49.7 Å². The highest BCUT2D eigenvalue weighted by atomic mass is 35.5. The van der Waals surface area contributed by atoms with Crippen LogP contribution in [0.1, 0.15) is 20.8 Å². The Balaban J connectivity index is 2.23. The third kappa shape index (κ3) is 5.03. The first-order chi connectivity index (χ1) is 11.1. The molecular formula is C15H22ClN3O3S2. The van der Waals surface area contributed by atoms with Gasteiger partial charge < -0.3 is 15.4 Å². The molecule has 134 valence electrons. The summed E-state index contributed by atoms with van der Waals surface area (Å²) in [7, 11) is -3.58. The molecule has 0 aliphatic carbocycles. The number of thiocarbonyl (C=S) groups is 1. The lowest BCUT2D eigenvalue weighted by molar-refractivity contribution is 0.0730. The molecule has 1 aliphatic heterocycles. The lowest BCUT2D eigenvalue weighted by Gasteiger charge is -2.26. The van der Waals surface area contributed by atoms with E-state index < -0.39 is 10.0 Å². The molecule has 1 aromatic rings. The Morgan fingerprint density at radius 1 is 1.29 bits per heavy atom. The van der Waals surface area contributed by atoms with Crippen molar-refractivity contribution in [1.29, 1.82) is 0 Å². The summed E-state index contributed by atoms with van der Waals surface area (Å²) in [4.78, 5) is 0.176. The van der Waals surface area contributed by atoms with Crippen LogP contribution in [0.15, 0.2) is 23.1 Å². The van der Waals surface area contributed by atoms with Crippen molar-refractivity contribution in [3.63, 3.8) is 0 Å². The van der Waals surface area contributed by atoms with Gasteiger partial charge in [0.15, 0.2) is 5.11 Å². The molecule has 1 fully saturated rings. The zero-order chi connectivity index (χ0) is 18.0. The van der Waals surface area contributed by atoms with Gasteiger partial charge in [0, 0.05) is 18.6 Å². The van der Waals surface area contributed by atoms with Crippen LogP contribution in [0.4, 0.5) is 5.69 Å². The molecule has 0 amide bonds. The zero-order valence-electron chi connectivity index (χ0n) is 13.9. The number of hydrogen-bond acceptors (Lipinski definition) is 4. The van der Waals surface area contributed by atoms with Crippen LogP contribution in [0.5, 0.6) is 0 Å². The lowest BCUT2D eigenvalue weighted by atomic mass is 10.1. The molecule has 6 nitrogen and oxygen atoms in total. The maximum Gasteiger partial charge on any atom is 0.243 e. The first-order valence-electron chi connectivity index (χ1n) is 7.56. The molecular weight excluding hydrogens is 370 g/mol. The van der Waals surface area contributed by atoms with E-state index in [1.54, 1.807) is 6.07 Å². The van der Waals surface area contributed by atoms with Crippen molar-refractivity contribution in [1.82, 2.24) is 9.62 Å². The van der Waals surface area contributed by atoms with Crippen LogP contribution in [-0.2, 0) is 14.8 Å². The van der Waals surface area contributed by atoms with E-state index in [1.165, 1.54) is 16.4 Å². The lowest BCUT2D eigenvalue weighted by Crippen LogP contribution is -2.43. The van der Waals surface area contributed by atoms with Crippen molar-refractivity contribution in [2.45, 2.75) is 31.2 Å². The van der Waals surface area contributed by atoms with Gasteiger partial charge in [0.1, 0.15) is 0 Å². The number of rotatable bonds is 3. The van der Waals surface area contributed by atoms with Crippen molar-refractivity contribution in [3.8, 4) is 0 Å². The van der Waals surface area contributed by atoms with Gasteiger partial charge in [-0.25, -0.2) is 8.42 Å². The van der Waals surface area contributed by atoms with Crippen LogP contribution < -0.4 is 10.6 Å². The molecule has 0 atom stereocenters. The number of sulfonamides is 1. The van der Waals surface area contributed by atoms with E-state index in [-0.39, 0.29) is 10.4 Å². The second-order valence-electron chi connectivity index (χ2n) is 6.49. The van der Waals surface area contributed by atoms with Gasteiger partial charge in [-0.1, -0.05) is 11.6 Å². The Kier molecular flexibility index (Phi) is 6.09. The number of morpholine rings is 1. The molecule has 1 aliphatic rings. The Labute approximate surface area is 153 Å². The van der Waals surface area contributed by atoms with Gasteiger partial charge in [-0.2, -0.15) is 4.31 Å². The number of anilines is 1. The average Bonchev–Trinajstić information content (AvgIpc) is 2.48. The Bertz CT molecular complexity index is 711. The van der Waals surface area contributed by atoms with Crippen LogP contribution in [0.3, 0.4) is 0 Å². The minimum absolute atomic E-state index is 0.176. The van der Waals surface area contributed by atoms with Crippen molar-refractivity contribution < 1.29 is 13.2 Å². The highest BCUT2D eigenvalue weighted by molar-refractivity contribution is 7.89. The normalized spacial score (nSPS) is 16.7. The van der Waals surface area contributed by atoms with E-state index in [9.17, 15) is 8.42 Å². The first-order valence-corrected chi connectivity index (χ1v) is 9.79. The van der Waals surface area contributed by atoms with Gasteiger partial charge in [-0.3, -0.25) is 0 Å². The summed E-state index contributed by atoms with van der Waals surface area (Å²) >= 11 is 11.4. The second-order valence-corrected chi connectivity index (χ2v) is 9.24. The Hall–Kier alpha value is -0.930. The van der Waals surface area contributed by atoms with E-state index >= 15 is 0 Å². The number of hydrogen-bond donors (Lipinski definition) is 2. The fourth-order valence-corrected chi connectivity index (χ4v) is 4.21. The quantitative estimate of drug-likeness (QED) is 0.771. The van der Waals surface area contributed by atoms with Crippen molar-refractivity contribution in [2.75, 3.05) is 31.6 Å². The van der Waals surface area contributed by atoms with Crippen LogP contribution in [0.25, 0.3) is 0 Å². The SMILES string of the molecule is CC(C)(C)NC(=S)Nc1cc(S(=O)(=O)N2CCOCC2)ccc1Cl. The fourth-order valence-electron chi connectivity index (χ4n) is 2.19. The van der Waals surface area contributed by atoms with Gasteiger partial charge in [0.25, 0.3) is 0 Å². The summed E-state index contributed by atoms with van der Waals surface area (Å²) in [6.07, 6.45) is 0. The molecule has 1 aromatic carbocycles. The predicted octanol–water partition coefficient (Wildman–Crippen LogP) is 2.45. The topological polar surface area (TPSA) is 70.7 Å². The predicted molar refractivity (Wildman–Crippen MR) is 100 cm³/mol. The maximum absolute atomic E-state index is 12.7. The van der Waals surface area contributed by atoms with Crippen LogP contribution in [0.2, 0.25) is 5.02 Å². The monoisotopic (exact) mass is 391 g/mol. The van der Waals surface area contributed by atoms with Gasteiger partial charge >= 0.3 is 0 Å². The number of nitrogens with zero attached hydrogens (tertiary/aromatic N) is 1. The minimum Gasteiger partial charge on any atom is -0.379 e. The molecule has 2 N–H and O–H groups in total. The summed E-state index contributed by atoms with van der Waals surface area (Å²) in [5.74, 6) is 0. The number of ether oxygens (including phenoxy) is 1. The molecule has 24 heavy (non-hydrogen) atoms. The van der Waals surface area contributed by atoms with E-state index in [1.807, 2.05) is 20.8 Å². The molecule has 0 bridgehead atoms. The van der Waals surface area contributed by atoms with Gasteiger partial charge in [-0.05, 0) is 51.2 Å². The number of benzene rings is 1. The van der Waals surface area contributed by atoms with E-state index in [2.05, 4.69) is 10.6 Å². The molecule has 0 saturated carbocycles. The largest absolute Gasteiger partial charge is 0.379 e. The average molecular weight is 392 g/mol. The molecule has 1 heterocycles. The van der Waals surface area contributed by atoms with E-state index in [0.29, 0.717) is 42.1 Å². The van der Waals surface area contributed by atoms with Crippen molar-refractivity contribution >= 4 is 44.6 Å². The number of nitrogens with one attached hydrogen (secondary N) is 2. The second kappa shape index (κ2) is 7.53. The Morgan fingerprint density at radius 3 is 2.50 bits per heavy atom. The summed E-state index contributed by atoms with van der Waals surface area (Å²) in [6, 6.07) is 4.55. The molecule has 9 heteroatoms. The molecule has 2 rings (SSSR count). The fraction of sp³-hybridized carbons (Fsp3) is 0.533. The standard InChI is InChI=1S/C15H22ClN3O3S2/c1-15(2,3)18-14(23)17-13-10-11(4-5-12(13)16)24(20,21)19-6-8-22-9-7-19/h4-5,10H,6-9H2,1-3H3,(H2,17,18,23). The summed E-state index contributed by atoms with van der Waals surface area (Å²) < 4.78 is 32.1. The maximum atomic E-state index is 12.7. The third-order valence-electron chi connectivity index (χ3n) is 3.28. The van der Waals surface area contributed by atoms with Crippen molar-refractivity contribution in [2.24, 2.45) is 0 Å². The zero-order valence-corrected chi connectivity index (χ0v) is 16.3. The molecule has 0 unspecified atom stereocenters. The minimum atomic E-state index is -3.58. The van der Waals surface area contributed by atoms with Gasteiger partial charge in [-0.15, -0.1) is 0 Å². The van der Waals surface area contributed by atoms with Crippen LogP contribution >= 0.6 is 23.8 Å². The summed E-state index contributed by atoms with van der Waals surface area (Å²) in [6.45, 7) is 7.41. The van der Waals surface area contributed by atoms with Gasteiger partial charge in [0.05, 0.1) is 28.8 Å². The summed E-state index contributed by atoms with van der Waals surface area (Å²) in [5.41, 5.74) is 0.237. The first kappa shape index (κ1) is 19.4. The van der Waals surface area contributed by atoms with E-state index in [0.717, 1.165) is 0 Å². The highest BCUT2D eigenvalue weighted by Gasteiger charge is 2.27. The smallest absolute Gasteiger partial charge is 0.243 e. The Morgan fingerprint density at radius 2 is 1.92 bits per heavy atom. The molecule has 0 spiro atoms. The van der Waals surface area contributed by atoms with Crippen LogP contribution in [0, 0.1) is 0 Å². The summed E-state index contributed by atoms with van der Waals surface area (Å²) in [5, 5.41) is 6.84. The molecule has 1 saturated heterocycles. The van der Waals surface area contributed by atoms with Crippen molar-refractivity contribution in [3.05, 3.63) is 23.2 Å². The molecule has 0 aromatic heterocycles. The van der Waals surface area contributed by atoms with Gasteiger partial charge in [0.2, 0.25) is 10.0 Å². The van der Waals surface area contributed by atoms with E-state index in [4.69, 9.17) is 28.6 Å². The highest BCUT2D eigenvalue weighted by Crippen LogP contribution is 2.27. The third-order valence-corrected chi connectivity index (χ3v) is 5.71. The molecule has 0 radical (unpaired) electrons.